The summed E-state index contributed by atoms with van der Waals surface area (Å²) in [6.07, 6.45) is 5.46. The number of hydrogen-bond acceptors (Lipinski definition) is 2. The smallest absolute Gasteiger partial charge is 0.226 e. The summed E-state index contributed by atoms with van der Waals surface area (Å²) in [4.78, 5) is 12.3. The van der Waals surface area contributed by atoms with Crippen molar-refractivity contribution in [3.8, 4) is 0 Å². The number of ether oxygens (including phenoxy) is 1. The summed E-state index contributed by atoms with van der Waals surface area (Å²) in [5.74, 6) is 1.31. The molecule has 0 aromatic rings. The average Bonchev–Trinajstić information content (AvgIpc) is 2.76. The molecule has 0 aromatic carbocycles. The van der Waals surface area contributed by atoms with Crippen molar-refractivity contribution in [1.29, 1.82) is 0 Å². The van der Waals surface area contributed by atoms with E-state index in [2.05, 4.69) is 12.2 Å². The Morgan fingerprint density at radius 3 is 2.83 bits per heavy atom. The van der Waals surface area contributed by atoms with E-state index in [1.807, 2.05) is 6.92 Å². The highest BCUT2D eigenvalue weighted by Crippen LogP contribution is 2.34. The summed E-state index contributed by atoms with van der Waals surface area (Å²) in [5.41, 5.74) is -0.178. The van der Waals surface area contributed by atoms with Gasteiger partial charge in [0.25, 0.3) is 0 Å². The molecule has 4 atom stereocenters. The summed E-state index contributed by atoms with van der Waals surface area (Å²) in [5, 5.41) is 3.22. The Morgan fingerprint density at radius 1 is 1.50 bits per heavy atom. The molecule has 1 heterocycles. The molecule has 1 saturated carbocycles. The molecular weight excluding hydrogens is 250 g/mol. The molecule has 1 aliphatic carbocycles. The van der Waals surface area contributed by atoms with Gasteiger partial charge < -0.3 is 10.1 Å². The maximum atomic E-state index is 12.3. The lowest BCUT2D eigenvalue weighted by atomic mass is 9.77. The summed E-state index contributed by atoms with van der Waals surface area (Å²) in [7, 11) is 0. The summed E-state index contributed by atoms with van der Waals surface area (Å²) in [6, 6.07) is 0. The van der Waals surface area contributed by atoms with Crippen LogP contribution >= 0.6 is 11.6 Å². The maximum absolute atomic E-state index is 12.3. The molecule has 1 amide bonds. The lowest BCUT2D eigenvalue weighted by molar-refractivity contribution is -0.127. The van der Waals surface area contributed by atoms with Crippen molar-refractivity contribution >= 4 is 17.5 Å². The van der Waals surface area contributed by atoms with Crippen molar-refractivity contribution < 1.29 is 9.53 Å². The van der Waals surface area contributed by atoms with Crippen LogP contribution in [0.4, 0.5) is 0 Å². The Kier molecular flexibility index (Phi) is 4.54. The Morgan fingerprint density at radius 2 is 2.28 bits per heavy atom. The van der Waals surface area contributed by atoms with Gasteiger partial charge in [-0.05, 0) is 32.1 Å². The number of alkyl halides is 1. The van der Waals surface area contributed by atoms with Gasteiger partial charge in [0.2, 0.25) is 5.91 Å². The number of nitrogens with one attached hydrogen (secondary N) is 1. The Balaban J connectivity index is 1.95. The van der Waals surface area contributed by atoms with Crippen LogP contribution in [0.3, 0.4) is 0 Å². The minimum absolute atomic E-state index is 0.0114. The number of rotatable bonds is 3. The number of carbonyl (C=O) groups is 1. The van der Waals surface area contributed by atoms with E-state index >= 15 is 0 Å². The first-order valence-corrected chi connectivity index (χ1v) is 7.58. The maximum Gasteiger partial charge on any atom is 0.226 e. The minimum Gasteiger partial charge on any atom is -0.378 e. The van der Waals surface area contributed by atoms with Crippen LogP contribution in [-0.4, -0.2) is 30.0 Å². The van der Waals surface area contributed by atoms with Crippen molar-refractivity contribution in [2.45, 2.75) is 57.6 Å². The van der Waals surface area contributed by atoms with Crippen LogP contribution in [0.2, 0.25) is 0 Å². The fraction of sp³-hybridized carbons (Fsp3) is 0.929. The third-order valence-corrected chi connectivity index (χ3v) is 4.82. The quantitative estimate of drug-likeness (QED) is 0.803. The normalized spacial score (nSPS) is 40.7. The van der Waals surface area contributed by atoms with Gasteiger partial charge in [-0.3, -0.25) is 4.79 Å². The fourth-order valence-electron chi connectivity index (χ4n) is 3.29. The predicted octanol–water partition coefficient (Wildman–Crippen LogP) is 2.72. The van der Waals surface area contributed by atoms with Crippen LogP contribution < -0.4 is 5.32 Å². The Bertz CT molecular complexity index is 310. The topological polar surface area (TPSA) is 38.3 Å². The van der Waals surface area contributed by atoms with Gasteiger partial charge >= 0.3 is 0 Å². The summed E-state index contributed by atoms with van der Waals surface area (Å²) < 4.78 is 5.47. The number of carbonyl (C=O) groups excluding carboxylic acids is 1. The van der Waals surface area contributed by atoms with Gasteiger partial charge in [-0.1, -0.05) is 19.8 Å². The molecule has 0 aromatic heterocycles. The molecule has 0 spiro atoms. The zero-order chi connectivity index (χ0) is 13.2. The van der Waals surface area contributed by atoms with E-state index in [9.17, 15) is 4.79 Å². The van der Waals surface area contributed by atoms with Crippen LogP contribution in [-0.2, 0) is 9.53 Å². The molecule has 2 rings (SSSR count). The van der Waals surface area contributed by atoms with Gasteiger partial charge in [0.05, 0.1) is 24.2 Å². The lowest BCUT2D eigenvalue weighted by Gasteiger charge is -2.40. The Labute approximate surface area is 115 Å². The molecule has 4 unspecified atom stereocenters. The molecule has 3 nitrogen and oxygen atoms in total. The summed E-state index contributed by atoms with van der Waals surface area (Å²) >= 11 is 6.14. The fourth-order valence-corrected chi connectivity index (χ4v) is 3.60. The van der Waals surface area contributed by atoms with E-state index in [0.29, 0.717) is 18.4 Å². The first-order valence-electron chi connectivity index (χ1n) is 7.04. The van der Waals surface area contributed by atoms with Gasteiger partial charge in [-0.15, -0.1) is 11.6 Å². The van der Waals surface area contributed by atoms with E-state index in [1.165, 1.54) is 6.42 Å². The third-order valence-electron chi connectivity index (χ3n) is 4.30. The highest BCUT2D eigenvalue weighted by molar-refractivity contribution is 6.18. The number of hydrogen-bond donors (Lipinski definition) is 1. The summed E-state index contributed by atoms with van der Waals surface area (Å²) in [6.45, 7) is 4.82. The molecule has 2 fully saturated rings. The van der Waals surface area contributed by atoms with Crippen molar-refractivity contribution in [1.82, 2.24) is 5.32 Å². The van der Waals surface area contributed by atoms with Crippen LogP contribution in [0.25, 0.3) is 0 Å². The van der Waals surface area contributed by atoms with Crippen LogP contribution in [0.5, 0.6) is 0 Å². The van der Waals surface area contributed by atoms with Crippen molar-refractivity contribution in [3.63, 3.8) is 0 Å². The van der Waals surface area contributed by atoms with Crippen LogP contribution in [0, 0.1) is 11.8 Å². The zero-order valence-corrected chi connectivity index (χ0v) is 12.1. The van der Waals surface area contributed by atoms with Crippen LogP contribution in [0.1, 0.15) is 46.0 Å². The van der Waals surface area contributed by atoms with Gasteiger partial charge in [0.1, 0.15) is 0 Å². The molecule has 1 aliphatic heterocycles. The first-order chi connectivity index (χ1) is 8.54. The molecule has 104 valence electrons. The van der Waals surface area contributed by atoms with Gasteiger partial charge in [-0.2, -0.15) is 0 Å². The average molecular weight is 274 g/mol. The second-order valence-electron chi connectivity index (χ2n) is 6.18. The second kappa shape index (κ2) is 5.79. The minimum atomic E-state index is -0.178. The SMILES string of the molecule is CC1CCCC(CCl)(NC(=O)C2COC(C)C2)C1. The van der Waals surface area contributed by atoms with Gasteiger partial charge in [0, 0.05) is 5.88 Å². The number of amides is 1. The van der Waals surface area contributed by atoms with E-state index in [1.54, 1.807) is 0 Å². The molecule has 0 bridgehead atoms. The van der Waals surface area contributed by atoms with E-state index < -0.39 is 0 Å². The van der Waals surface area contributed by atoms with E-state index in [4.69, 9.17) is 16.3 Å². The number of halogens is 1. The lowest BCUT2D eigenvalue weighted by Crippen LogP contribution is -2.54. The second-order valence-corrected chi connectivity index (χ2v) is 6.45. The monoisotopic (exact) mass is 273 g/mol. The third kappa shape index (κ3) is 3.18. The molecule has 0 radical (unpaired) electrons. The first kappa shape index (κ1) is 14.1. The highest BCUT2D eigenvalue weighted by atomic mass is 35.5. The molecule has 1 saturated heterocycles. The Hall–Kier alpha value is -0.280. The molecular formula is C14H24ClNO2. The van der Waals surface area contributed by atoms with E-state index in [0.717, 1.165) is 25.7 Å². The molecule has 2 aliphatic rings. The van der Waals surface area contributed by atoms with Gasteiger partial charge in [-0.25, -0.2) is 0 Å². The molecule has 1 N–H and O–H groups in total. The standard InChI is InChI=1S/C14H24ClNO2/c1-10-4-3-5-14(7-10,9-15)16-13(17)12-6-11(2)18-8-12/h10-12H,3-9H2,1-2H3,(H,16,17). The van der Waals surface area contributed by atoms with E-state index in [-0.39, 0.29) is 23.5 Å². The predicted molar refractivity (Wildman–Crippen MR) is 72.7 cm³/mol. The zero-order valence-electron chi connectivity index (χ0n) is 11.4. The molecule has 18 heavy (non-hydrogen) atoms. The largest absolute Gasteiger partial charge is 0.378 e. The van der Waals surface area contributed by atoms with Gasteiger partial charge in [0.15, 0.2) is 0 Å². The van der Waals surface area contributed by atoms with Crippen molar-refractivity contribution in [2.75, 3.05) is 12.5 Å². The van der Waals surface area contributed by atoms with Crippen molar-refractivity contribution in [3.05, 3.63) is 0 Å². The molecule has 4 heteroatoms. The van der Waals surface area contributed by atoms with Crippen LogP contribution in [0.15, 0.2) is 0 Å². The van der Waals surface area contributed by atoms with Crippen molar-refractivity contribution in [2.24, 2.45) is 11.8 Å². The highest BCUT2D eigenvalue weighted by Gasteiger charge is 2.38.